The molecule has 0 atom stereocenters. The van der Waals surface area contributed by atoms with Gasteiger partial charge < -0.3 is 0 Å². The Morgan fingerprint density at radius 3 is 2.91 bits per heavy atom. The first-order chi connectivity index (χ1) is 5.29. The Balaban J connectivity index is 2.54. The van der Waals surface area contributed by atoms with Gasteiger partial charge in [-0.05, 0) is 17.9 Å². The highest BCUT2D eigenvalue weighted by Gasteiger charge is 2.25. The lowest BCUT2D eigenvalue weighted by Crippen LogP contribution is -2.20. The Morgan fingerprint density at radius 1 is 1.27 bits per heavy atom. The van der Waals surface area contributed by atoms with Gasteiger partial charge in [0.15, 0.2) is 0 Å². The fraction of sp³-hybridized carbons (Fsp3) is 0.250. The van der Waals surface area contributed by atoms with Crippen LogP contribution in [0.4, 0.5) is 0 Å². The average Bonchev–Trinajstić information content (AvgIpc) is 2.45. The third kappa shape index (κ3) is 0.922. The van der Waals surface area contributed by atoms with Gasteiger partial charge in [0.25, 0.3) is 0 Å². The van der Waals surface area contributed by atoms with Crippen LogP contribution in [-0.4, -0.2) is 11.6 Å². The second kappa shape index (κ2) is 2.27. The number of carbonyl (C=O) groups excluding carboxylic acids is 2. The maximum absolute atomic E-state index is 11.1. The van der Waals surface area contributed by atoms with Crippen LogP contribution in [0.2, 0.25) is 0 Å². The molecule has 0 spiro atoms. The van der Waals surface area contributed by atoms with Crippen molar-refractivity contribution in [2.75, 3.05) is 0 Å². The fourth-order valence-corrected chi connectivity index (χ4v) is 2.10. The fourth-order valence-electron chi connectivity index (χ4n) is 1.23. The van der Waals surface area contributed by atoms with Crippen LogP contribution >= 0.6 is 11.3 Å². The van der Waals surface area contributed by atoms with E-state index in [1.807, 2.05) is 5.38 Å². The van der Waals surface area contributed by atoms with Gasteiger partial charge in [0.2, 0.25) is 11.6 Å². The molecule has 0 saturated heterocycles. The summed E-state index contributed by atoms with van der Waals surface area (Å²) in [4.78, 5) is 23.1. The molecular weight excluding hydrogens is 160 g/mol. The molecule has 56 valence electrons. The third-order valence-corrected chi connectivity index (χ3v) is 2.80. The zero-order chi connectivity index (χ0) is 7.84. The van der Waals surface area contributed by atoms with Crippen molar-refractivity contribution in [1.29, 1.82) is 0 Å². The van der Waals surface area contributed by atoms with Gasteiger partial charge in [-0.25, -0.2) is 0 Å². The summed E-state index contributed by atoms with van der Waals surface area (Å²) >= 11 is 1.56. The number of carbonyl (C=O) groups is 2. The van der Waals surface area contributed by atoms with E-state index in [4.69, 9.17) is 0 Å². The van der Waals surface area contributed by atoms with Gasteiger partial charge in [-0.3, -0.25) is 9.59 Å². The van der Waals surface area contributed by atoms with E-state index in [1.165, 1.54) is 0 Å². The van der Waals surface area contributed by atoms with E-state index < -0.39 is 0 Å². The largest absolute Gasteiger partial charge is 0.290 e. The van der Waals surface area contributed by atoms with Gasteiger partial charge in [-0.15, -0.1) is 11.3 Å². The Kier molecular flexibility index (Phi) is 1.39. The number of Topliss-reactive ketones (excluding diaryl/α,β-unsaturated/α-hetero) is 2. The SMILES string of the molecule is O=C1CCc2sccc2C1=O. The summed E-state index contributed by atoms with van der Waals surface area (Å²) in [5.41, 5.74) is 0.631. The molecule has 0 fully saturated rings. The van der Waals surface area contributed by atoms with Crippen LogP contribution in [0.1, 0.15) is 21.7 Å². The molecule has 2 rings (SSSR count). The Hall–Kier alpha value is -0.960. The molecule has 1 aromatic heterocycles. The number of rotatable bonds is 0. The Labute approximate surface area is 67.8 Å². The maximum atomic E-state index is 11.1. The molecule has 3 heteroatoms. The van der Waals surface area contributed by atoms with Crippen molar-refractivity contribution < 1.29 is 9.59 Å². The first kappa shape index (κ1) is 6.73. The van der Waals surface area contributed by atoms with Gasteiger partial charge >= 0.3 is 0 Å². The number of hydrogen-bond donors (Lipinski definition) is 0. The summed E-state index contributed by atoms with van der Waals surface area (Å²) in [6.45, 7) is 0. The molecule has 2 nitrogen and oxygen atoms in total. The molecule has 11 heavy (non-hydrogen) atoms. The van der Waals surface area contributed by atoms with Crippen molar-refractivity contribution in [2.45, 2.75) is 12.8 Å². The van der Waals surface area contributed by atoms with Crippen molar-refractivity contribution in [3.63, 3.8) is 0 Å². The van der Waals surface area contributed by atoms with Crippen molar-refractivity contribution in [3.8, 4) is 0 Å². The Bertz CT molecular complexity index is 325. The van der Waals surface area contributed by atoms with Gasteiger partial charge in [0.05, 0.1) is 0 Å². The molecular formula is C8H6O2S. The number of aryl methyl sites for hydroxylation is 1. The minimum atomic E-state index is -0.299. The van der Waals surface area contributed by atoms with E-state index in [9.17, 15) is 9.59 Å². The number of fused-ring (bicyclic) bond motifs is 1. The molecule has 1 aliphatic carbocycles. The lowest BCUT2D eigenvalue weighted by molar-refractivity contribution is -0.115. The molecule has 0 unspecified atom stereocenters. The lowest BCUT2D eigenvalue weighted by Gasteiger charge is -2.06. The summed E-state index contributed by atoms with van der Waals surface area (Å²) in [6.07, 6.45) is 1.14. The van der Waals surface area contributed by atoms with E-state index in [1.54, 1.807) is 17.4 Å². The maximum Gasteiger partial charge on any atom is 0.229 e. The number of thiophene rings is 1. The molecule has 1 heterocycles. The number of hydrogen-bond acceptors (Lipinski definition) is 3. The molecule has 0 bridgehead atoms. The van der Waals surface area contributed by atoms with Crippen LogP contribution in [0.15, 0.2) is 11.4 Å². The van der Waals surface area contributed by atoms with E-state index in [0.29, 0.717) is 12.0 Å². The van der Waals surface area contributed by atoms with Gasteiger partial charge in [-0.1, -0.05) is 0 Å². The smallest absolute Gasteiger partial charge is 0.229 e. The second-order valence-electron chi connectivity index (χ2n) is 2.51. The van der Waals surface area contributed by atoms with Crippen LogP contribution in [0.3, 0.4) is 0 Å². The van der Waals surface area contributed by atoms with Crippen LogP contribution in [-0.2, 0) is 11.2 Å². The topological polar surface area (TPSA) is 34.1 Å². The van der Waals surface area contributed by atoms with Crippen molar-refractivity contribution in [2.24, 2.45) is 0 Å². The highest BCUT2D eigenvalue weighted by atomic mass is 32.1. The first-order valence-electron chi connectivity index (χ1n) is 3.43. The highest BCUT2D eigenvalue weighted by molar-refractivity contribution is 7.10. The van der Waals surface area contributed by atoms with Gasteiger partial charge in [-0.2, -0.15) is 0 Å². The van der Waals surface area contributed by atoms with E-state index in [2.05, 4.69) is 0 Å². The van der Waals surface area contributed by atoms with Crippen LogP contribution in [0.5, 0.6) is 0 Å². The number of ketones is 2. The molecule has 0 amide bonds. The Morgan fingerprint density at radius 2 is 2.09 bits per heavy atom. The monoisotopic (exact) mass is 166 g/mol. The first-order valence-corrected chi connectivity index (χ1v) is 4.31. The summed E-state index contributed by atoms with van der Waals surface area (Å²) in [5, 5.41) is 1.86. The molecule has 0 saturated carbocycles. The average molecular weight is 166 g/mol. The van der Waals surface area contributed by atoms with E-state index >= 15 is 0 Å². The quantitative estimate of drug-likeness (QED) is 0.546. The molecule has 0 radical (unpaired) electrons. The predicted octanol–water partition coefficient (Wildman–Crippen LogP) is 1.45. The van der Waals surface area contributed by atoms with Crippen molar-refractivity contribution in [1.82, 2.24) is 0 Å². The van der Waals surface area contributed by atoms with E-state index in [-0.39, 0.29) is 11.6 Å². The summed E-state index contributed by atoms with van der Waals surface area (Å²) in [5.74, 6) is -0.539. The normalized spacial score (nSPS) is 16.7. The second-order valence-corrected chi connectivity index (χ2v) is 3.51. The van der Waals surface area contributed by atoms with Crippen molar-refractivity contribution in [3.05, 3.63) is 21.9 Å². The van der Waals surface area contributed by atoms with Crippen LogP contribution < -0.4 is 0 Å². The van der Waals surface area contributed by atoms with Crippen LogP contribution in [0.25, 0.3) is 0 Å². The standard InChI is InChI=1S/C8H6O2S/c9-6-1-2-7-5(8(6)10)3-4-11-7/h3-4H,1-2H2. The minimum Gasteiger partial charge on any atom is -0.290 e. The van der Waals surface area contributed by atoms with Gasteiger partial charge in [0, 0.05) is 16.9 Å². The predicted molar refractivity (Wildman–Crippen MR) is 42.0 cm³/mol. The summed E-state index contributed by atoms with van der Waals surface area (Å²) < 4.78 is 0. The molecule has 0 N–H and O–H groups in total. The van der Waals surface area contributed by atoms with Crippen LogP contribution in [0, 0.1) is 0 Å². The zero-order valence-electron chi connectivity index (χ0n) is 5.79. The summed E-state index contributed by atoms with van der Waals surface area (Å²) in [6, 6.07) is 1.74. The molecule has 0 aliphatic heterocycles. The molecule has 1 aromatic rings. The molecule has 0 aromatic carbocycles. The minimum absolute atomic E-state index is 0.240. The zero-order valence-corrected chi connectivity index (χ0v) is 6.61. The van der Waals surface area contributed by atoms with Gasteiger partial charge in [0.1, 0.15) is 0 Å². The van der Waals surface area contributed by atoms with E-state index in [0.717, 1.165) is 11.3 Å². The van der Waals surface area contributed by atoms with Crippen molar-refractivity contribution >= 4 is 22.9 Å². The highest BCUT2D eigenvalue weighted by Crippen LogP contribution is 2.23. The third-order valence-electron chi connectivity index (χ3n) is 1.82. The molecule has 1 aliphatic rings. The summed E-state index contributed by atoms with van der Waals surface area (Å²) in [7, 11) is 0. The lowest BCUT2D eigenvalue weighted by atomic mass is 9.97.